The number of allylic oxidation sites excluding steroid dienone is 1. The van der Waals surface area contributed by atoms with E-state index in [9.17, 15) is 14.0 Å². The first-order chi connectivity index (χ1) is 13.5. The third-order valence-corrected chi connectivity index (χ3v) is 5.10. The Balaban J connectivity index is 2.48. The summed E-state index contributed by atoms with van der Waals surface area (Å²) < 4.78 is 25.2. The molecular formula is C21H18FNO4S. The van der Waals surface area contributed by atoms with Crippen molar-refractivity contribution in [2.45, 2.75) is 6.54 Å². The van der Waals surface area contributed by atoms with Crippen LogP contribution in [0.15, 0.2) is 54.4 Å². The predicted molar refractivity (Wildman–Crippen MR) is 106 cm³/mol. The van der Waals surface area contributed by atoms with Crippen LogP contribution in [0.2, 0.25) is 0 Å². The molecule has 144 valence electrons. The number of rotatable bonds is 6. The number of ether oxygens (including phenoxy) is 2. The van der Waals surface area contributed by atoms with Crippen molar-refractivity contribution in [1.29, 1.82) is 0 Å². The Morgan fingerprint density at radius 1 is 1.07 bits per heavy atom. The molecule has 0 amide bonds. The Labute approximate surface area is 165 Å². The van der Waals surface area contributed by atoms with Gasteiger partial charge in [-0.1, -0.05) is 12.1 Å². The van der Waals surface area contributed by atoms with Crippen LogP contribution in [0.5, 0.6) is 0 Å². The molecule has 2 aromatic heterocycles. The molecule has 0 fully saturated rings. The number of halogens is 1. The SMILES string of the molecule is C=CCn1c(-c2ccc(F)cc2)c(C(=O)OC)c(C(=O)OC)c1-c1cccs1. The normalized spacial score (nSPS) is 10.5. The summed E-state index contributed by atoms with van der Waals surface area (Å²) in [5.41, 5.74) is 1.72. The number of carbonyl (C=O) groups is 2. The van der Waals surface area contributed by atoms with Gasteiger partial charge in [-0.15, -0.1) is 17.9 Å². The van der Waals surface area contributed by atoms with Gasteiger partial charge in [-0.05, 0) is 41.3 Å². The molecule has 0 saturated heterocycles. The Bertz CT molecular complexity index is 1020. The van der Waals surface area contributed by atoms with E-state index in [4.69, 9.17) is 9.47 Å². The average molecular weight is 399 g/mol. The van der Waals surface area contributed by atoms with Crippen molar-refractivity contribution >= 4 is 23.3 Å². The van der Waals surface area contributed by atoms with Crippen molar-refractivity contribution in [2.75, 3.05) is 14.2 Å². The topological polar surface area (TPSA) is 57.5 Å². The minimum atomic E-state index is -0.680. The molecule has 0 saturated carbocycles. The van der Waals surface area contributed by atoms with Crippen LogP contribution in [0.1, 0.15) is 20.7 Å². The van der Waals surface area contributed by atoms with Crippen molar-refractivity contribution in [3.63, 3.8) is 0 Å². The molecule has 0 bridgehead atoms. The summed E-state index contributed by atoms with van der Waals surface area (Å²) >= 11 is 1.42. The number of hydrogen-bond donors (Lipinski definition) is 0. The Kier molecular flexibility index (Phi) is 5.75. The summed E-state index contributed by atoms with van der Waals surface area (Å²) in [6.45, 7) is 4.11. The Morgan fingerprint density at radius 3 is 2.18 bits per heavy atom. The third-order valence-electron chi connectivity index (χ3n) is 4.23. The quantitative estimate of drug-likeness (QED) is 0.442. The monoisotopic (exact) mass is 399 g/mol. The molecule has 1 aromatic carbocycles. The molecule has 0 unspecified atom stereocenters. The molecule has 0 radical (unpaired) electrons. The lowest BCUT2D eigenvalue weighted by molar-refractivity contribution is 0.0558. The first kappa shape index (κ1) is 19.6. The van der Waals surface area contributed by atoms with E-state index in [0.29, 0.717) is 23.5 Å². The lowest BCUT2D eigenvalue weighted by atomic mass is 10.0. The van der Waals surface area contributed by atoms with Gasteiger partial charge in [0.25, 0.3) is 0 Å². The summed E-state index contributed by atoms with van der Waals surface area (Å²) in [6.07, 6.45) is 1.66. The van der Waals surface area contributed by atoms with Gasteiger partial charge in [-0.3, -0.25) is 0 Å². The molecule has 0 aliphatic heterocycles. The van der Waals surface area contributed by atoms with Gasteiger partial charge in [0.1, 0.15) is 16.9 Å². The van der Waals surface area contributed by atoms with Gasteiger partial charge < -0.3 is 14.0 Å². The van der Waals surface area contributed by atoms with Crippen LogP contribution in [0.3, 0.4) is 0 Å². The lowest BCUT2D eigenvalue weighted by Crippen LogP contribution is -2.11. The zero-order valence-electron chi connectivity index (χ0n) is 15.4. The smallest absolute Gasteiger partial charge is 0.341 e. The highest BCUT2D eigenvalue weighted by molar-refractivity contribution is 7.13. The molecule has 0 N–H and O–H groups in total. The van der Waals surface area contributed by atoms with Crippen LogP contribution in [-0.2, 0) is 16.0 Å². The third kappa shape index (κ3) is 3.36. The van der Waals surface area contributed by atoms with Crippen molar-refractivity contribution in [2.24, 2.45) is 0 Å². The van der Waals surface area contributed by atoms with E-state index >= 15 is 0 Å². The lowest BCUT2D eigenvalue weighted by Gasteiger charge is -2.12. The first-order valence-electron chi connectivity index (χ1n) is 8.37. The van der Waals surface area contributed by atoms with Crippen LogP contribution in [0.25, 0.3) is 21.8 Å². The summed E-state index contributed by atoms with van der Waals surface area (Å²) in [5.74, 6) is -1.74. The maximum Gasteiger partial charge on any atom is 0.341 e. The van der Waals surface area contributed by atoms with Gasteiger partial charge >= 0.3 is 11.9 Å². The number of nitrogens with zero attached hydrogens (tertiary/aromatic N) is 1. The fourth-order valence-electron chi connectivity index (χ4n) is 3.11. The van der Waals surface area contributed by atoms with Crippen molar-refractivity contribution in [3.8, 4) is 21.8 Å². The van der Waals surface area contributed by atoms with Crippen LogP contribution in [0, 0.1) is 5.82 Å². The number of esters is 2. The summed E-state index contributed by atoms with van der Waals surface area (Å²) in [6, 6.07) is 9.39. The molecule has 28 heavy (non-hydrogen) atoms. The van der Waals surface area contributed by atoms with E-state index in [1.54, 1.807) is 22.8 Å². The minimum absolute atomic E-state index is 0.0752. The maximum atomic E-state index is 13.5. The van der Waals surface area contributed by atoms with E-state index in [1.807, 2.05) is 17.5 Å². The molecule has 3 aromatic rings. The van der Waals surface area contributed by atoms with Gasteiger partial charge in [0.05, 0.1) is 30.5 Å². The van der Waals surface area contributed by atoms with E-state index in [2.05, 4.69) is 6.58 Å². The molecule has 0 spiro atoms. The molecule has 0 aliphatic rings. The van der Waals surface area contributed by atoms with Crippen LogP contribution in [-0.4, -0.2) is 30.7 Å². The zero-order chi connectivity index (χ0) is 20.3. The van der Waals surface area contributed by atoms with Crippen molar-refractivity contribution < 1.29 is 23.5 Å². The number of carbonyl (C=O) groups excluding carboxylic acids is 2. The average Bonchev–Trinajstić information content (AvgIpc) is 3.34. The zero-order valence-corrected chi connectivity index (χ0v) is 16.2. The van der Waals surface area contributed by atoms with Gasteiger partial charge in [0, 0.05) is 6.54 Å². The van der Waals surface area contributed by atoms with Crippen molar-refractivity contribution in [1.82, 2.24) is 4.57 Å². The van der Waals surface area contributed by atoms with Crippen LogP contribution >= 0.6 is 11.3 Å². The molecule has 3 rings (SSSR count). The molecule has 2 heterocycles. The second-order valence-corrected chi connectivity index (χ2v) is 6.76. The van der Waals surface area contributed by atoms with E-state index in [1.165, 1.54) is 37.7 Å². The van der Waals surface area contributed by atoms with Gasteiger partial charge in [-0.25, -0.2) is 14.0 Å². The van der Waals surface area contributed by atoms with Gasteiger partial charge in [0.2, 0.25) is 0 Å². The number of aromatic nitrogens is 1. The summed E-state index contributed by atoms with van der Waals surface area (Å²) in [4.78, 5) is 26.2. The fourth-order valence-corrected chi connectivity index (χ4v) is 3.89. The highest BCUT2D eigenvalue weighted by atomic mass is 32.1. The summed E-state index contributed by atoms with van der Waals surface area (Å²) in [5, 5.41) is 1.87. The maximum absolute atomic E-state index is 13.5. The largest absolute Gasteiger partial charge is 0.465 e. The Morgan fingerprint density at radius 2 is 1.68 bits per heavy atom. The standard InChI is InChI=1S/C21H18FNO4S/c1-4-11-23-18(13-7-9-14(22)10-8-13)16(20(24)26-2)17(21(25)27-3)19(23)15-6-5-12-28-15/h4-10,12H,1,11H2,2-3H3. The molecule has 0 aliphatic carbocycles. The highest BCUT2D eigenvalue weighted by Gasteiger charge is 2.33. The van der Waals surface area contributed by atoms with E-state index in [-0.39, 0.29) is 11.1 Å². The molecular weight excluding hydrogens is 381 g/mol. The van der Waals surface area contributed by atoms with Crippen LogP contribution < -0.4 is 0 Å². The number of methoxy groups -OCH3 is 2. The second kappa shape index (κ2) is 8.22. The number of thiophene rings is 1. The first-order valence-corrected chi connectivity index (χ1v) is 9.25. The molecule has 5 nitrogen and oxygen atoms in total. The molecule has 0 atom stereocenters. The minimum Gasteiger partial charge on any atom is -0.465 e. The predicted octanol–water partition coefficient (Wildman–Crippen LogP) is 4.78. The number of hydrogen-bond acceptors (Lipinski definition) is 5. The van der Waals surface area contributed by atoms with Crippen molar-refractivity contribution in [3.05, 3.63) is 71.4 Å². The van der Waals surface area contributed by atoms with Crippen LogP contribution in [0.4, 0.5) is 4.39 Å². The highest BCUT2D eigenvalue weighted by Crippen LogP contribution is 2.40. The van der Waals surface area contributed by atoms with Gasteiger partial charge in [0.15, 0.2) is 0 Å². The second-order valence-electron chi connectivity index (χ2n) is 5.81. The van der Waals surface area contributed by atoms with E-state index in [0.717, 1.165) is 4.88 Å². The van der Waals surface area contributed by atoms with E-state index < -0.39 is 17.8 Å². The Hall–Kier alpha value is -3.19. The fraction of sp³-hybridized carbons (Fsp3) is 0.143. The molecule has 7 heteroatoms. The summed E-state index contributed by atoms with van der Waals surface area (Å²) in [7, 11) is 2.50. The number of benzene rings is 1. The van der Waals surface area contributed by atoms with Gasteiger partial charge in [-0.2, -0.15) is 0 Å².